The minimum atomic E-state index is 0.443. The molecule has 0 fully saturated rings. The van der Waals surface area contributed by atoms with Crippen LogP contribution in [0.2, 0.25) is 0 Å². The Bertz CT molecular complexity index is 887. The van der Waals surface area contributed by atoms with E-state index in [4.69, 9.17) is 4.74 Å². The molecule has 0 aliphatic carbocycles. The van der Waals surface area contributed by atoms with Gasteiger partial charge in [0.2, 0.25) is 5.95 Å². The zero-order valence-electron chi connectivity index (χ0n) is 15.5. The number of hydrogen-bond acceptors (Lipinski definition) is 6. The number of hydrogen-bond donors (Lipinski definition) is 2. The van der Waals surface area contributed by atoms with Crippen LogP contribution in [0.25, 0.3) is 0 Å². The van der Waals surface area contributed by atoms with Crippen LogP contribution < -0.4 is 15.4 Å². The first-order valence-electron chi connectivity index (χ1n) is 8.60. The van der Waals surface area contributed by atoms with Gasteiger partial charge in [-0.05, 0) is 51.0 Å². The summed E-state index contributed by atoms with van der Waals surface area (Å²) in [5, 5.41) is 14.7. The highest BCUT2D eigenvalue weighted by Crippen LogP contribution is 2.28. The molecule has 6 nitrogen and oxygen atoms in total. The Labute approximate surface area is 153 Å². The Hall–Kier alpha value is -3.15. The molecule has 26 heavy (non-hydrogen) atoms. The van der Waals surface area contributed by atoms with Crippen LogP contribution in [0.5, 0.6) is 5.75 Å². The Morgan fingerprint density at radius 1 is 1.00 bits per heavy atom. The second-order valence-corrected chi connectivity index (χ2v) is 6.12. The zero-order chi connectivity index (χ0) is 18.5. The summed E-state index contributed by atoms with van der Waals surface area (Å²) < 4.78 is 5.64. The molecule has 0 bridgehead atoms. The van der Waals surface area contributed by atoms with E-state index in [1.54, 1.807) is 6.20 Å². The van der Waals surface area contributed by atoms with Gasteiger partial charge in [0.05, 0.1) is 18.5 Å². The Balaban J connectivity index is 1.84. The molecule has 134 valence electrons. The van der Waals surface area contributed by atoms with Crippen molar-refractivity contribution in [3.63, 3.8) is 0 Å². The molecule has 3 rings (SSSR count). The van der Waals surface area contributed by atoms with Crippen molar-refractivity contribution >= 4 is 23.1 Å². The molecule has 2 aromatic carbocycles. The summed E-state index contributed by atoms with van der Waals surface area (Å²) in [7, 11) is 0. The van der Waals surface area contributed by atoms with E-state index in [9.17, 15) is 0 Å². The quantitative estimate of drug-likeness (QED) is 0.673. The average Bonchev–Trinajstić information content (AvgIpc) is 2.60. The zero-order valence-corrected chi connectivity index (χ0v) is 15.5. The first kappa shape index (κ1) is 17.7. The monoisotopic (exact) mass is 349 g/mol. The molecule has 2 N–H and O–H groups in total. The predicted octanol–water partition coefficient (Wildman–Crippen LogP) is 4.68. The van der Waals surface area contributed by atoms with E-state index in [0.717, 1.165) is 28.3 Å². The summed E-state index contributed by atoms with van der Waals surface area (Å²) in [5.74, 6) is 1.81. The minimum Gasteiger partial charge on any atom is -0.492 e. The van der Waals surface area contributed by atoms with E-state index in [0.29, 0.717) is 18.4 Å². The lowest BCUT2D eigenvalue weighted by Crippen LogP contribution is -2.05. The molecule has 6 heteroatoms. The largest absolute Gasteiger partial charge is 0.492 e. The summed E-state index contributed by atoms with van der Waals surface area (Å²) in [6, 6.07) is 12.0. The number of nitrogens with one attached hydrogen (secondary N) is 2. The molecule has 0 spiro atoms. The number of para-hydroxylation sites is 2. The van der Waals surface area contributed by atoms with Gasteiger partial charge in [0, 0.05) is 5.69 Å². The SMILES string of the molecule is CCOc1ccccc1Nc1cnnc(Nc2c(C)cc(C)cc2C)n1. The number of nitrogens with zero attached hydrogens (tertiary/aromatic N) is 3. The smallest absolute Gasteiger partial charge is 0.249 e. The van der Waals surface area contributed by atoms with Crippen molar-refractivity contribution in [1.82, 2.24) is 15.2 Å². The molecule has 3 aromatic rings. The lowest BCUT2D eigenvalue weighted by molar-refractivity contribution is 0.342. The van der Waals surface area contributed by atoms with E-state index < -0.39 is 0 Å². The number of benzene rings is 2. The van der Waals surface area contributed by atoms with E-state index in [1.165, 1.54) is 5.56 Å². The standard InChI is InChI=1S/C20H23N5O/c1-5-26-17-9-7-6-8-16(17)22-18-12-21-25-20(23-18)24-19-14(3)10-13(2)11-15(19)4/h6-12H,5H2,1-4H3,(H2,22,23,24,25). The number of aryl methyl sites for hydroxylation is 3. The van der Waals surface area contributed by atoms with Crippen molar-refractivity contribution in [2.24, 2.45) is 0 Å². The molecule has 0 unspecified atom stereocenters. The van der Waals surface area contributed by atoms with E-state index >= 15 is 0 Å². The van der Waals surface area contributed by atoms with E-state index in [1.807, 2.05) is 31.2 Å². The fraction of sp³-hybridized carbons (Fsp3) is 0.250. The fourth-order valence-electron chi connectivity index (χ4n) is 2.89. The van der Waals surface area contributed by atoms with Crippen molar-refractivity contribution < 1.29 is 4.74 Å². The summed E-state index contributed by atoms with van der Waals surface area (Å²) in [6.45, 7) is 8.77. The van der Waals surface area contributed by atoms with Gasteiger partial charge in [-0.2, -0.15) is 10.1 Å². The van der Waals surface area contributed by atoms with Gasteiger partial charge in [-0.3, -0.25) is 0 Å². The summed E-state index contributed by atoms with van der Waals surface area (Å²) in [6.07, 6.45) is 1.59. The third-order valence-corrected chi connectivity index (χ3v) is 3.92. The highest BCUT2D eigenvalue weighted by Gasteiger charge is 2.09. The van der Waals surface area contributed by atoms with Gasteiger partial charge < -0.3 is 15.4 Å². The maximum absolute atomic E-state index is 5.64. The maximum Gasteiger partial charge on any atom is 0.249 e. The second-order valence-electron chi connectivity index (χ2n) is 6.12. The molecule has 0 aliphatic rings. The van der Waals surface area contributed by atoms with Crippen molar-refractivity contribution in [3.8, 4) is 5.75 Å². The fourth-order valence-corrected chi connectivity index (χ4v) is 2.89. The lowest BCUT2D eigenvalue weighted by atomic mass is 10.1. The molecule has 0 saturated heterocycles. The van der Waals surface area contributed by atoms with Crippen molar-refractivity contribution in [2.45, 2.75) is 27.7 Å². The maximum atomic E-state index is 5.64. The molecular formula is C20H23N5O. The van der Waals surface area contributed by atoms with Crippen LogP contribution in [-0.2, 0) is 0 Å². The highest BCUT2D eigenvalue weighted by atomic mass is 16.5. The number of aromatic nitrogens is 3. The summed E-state index contributed by atoms with van der Waals surface area (Å²) in [5.41, 5.74) is 5.36. The molecule has 0 radical (unpaired) electrons. The van der Waals surface area contributed by atoms with Crippen molar-refractivity contribution in [1.29, 1.82) is 0 Å². The van der Waals surface area contributed by atoms with Crippen LogP contribution >= 0.6 is 0 Å². The molecular weight excluding hydrogens is 326 g/mol. The Morgan fingerprint density at radius 3 is 2.46 bits per heavy atom. The van der Waals surface area contributed by atoms with Crippen LogP contribution in [-0.4, -0.2) is 21.8 Å². The van der Waals surface area contributed by atoms with Gasteiger partial charge in [0.1, 0.15) is 5.75 Å². The van der Waals surface area contributed by atoms with Gasteiger partial charge in [0.25, 0.3) is 0 Å². The number of ether oxygens (including phenoxy) is 1. The summed E-state index contributed by atoms with van der Waals surface area (Å²) >= 11 is 0. The van der Waals surface area contributed by atoms with Crippen LogP contribution in [0.3, 0.4) is 0 Å². The van der Waals surface area contributed by atoms with Crippen LogP contribution in [0.4, 0.5) is 23.1 Å². The van der Waals surface area contributed by atoms with Crippen LogP contribution in [0, 0.1) is 20.8 Å². The first-order valence-corrected chi connectivity index (χ1v) is 8.60. The van der Waals surface area contributed by atoms with Gasteiger partial charge in [-0.15, -0.1) is 5.10 Å². The number of rotatable bonds is 6. The molecule has 0 saturated carbocycles. The molecule has 1 heterocycles. The molecule has 0 aliphatic heterocycles. The third-order valence-electron chi connectivity index (χ3n) is 3.92. The van der Waals surface area contributed by atoms with Gasteiger partial charge in [-0.25, -0.2) is 0 Å². The van der Waals surface area contributed by atoms with E-state index in [-0.39, 0.29) is 0 Å². The van der Waals surface area contributed by atoms with E-state index in [2.05, 4.69) is 58.7 Å². The second kappa shape index (κ2) is 7.82. The third kappa shape index (κ3) is 4.08. The molecule has 0 atom stereocenters. The van der Waals surface area contributed by atoms with Crippen molar-refractivity contribution in [3.05, 3.63) is 59.3 Å². The average molecular weight is 349 g/mol. The molecule has 1 aromatic heterocycles. The van der Waals surface area contributed by atoms with Crippen LogP contribution in [0.15, 0.2) is 42.6 Å². The summed E-state index contributed by atoms with van der Waals surface area (Å²) in [4.78, 5) is 4.52. The van der Waals surface area contributed by atoms with Gasteiger partial charge >= 0.3 is 0 Å². The predicted molar refractivity (Wildman–Crippen MR) is 105 cm³/mol. The first-order chi connectivity index (χ1) is 12.6. The minimum absolute atomic E-state index is 0.443. The van der Waals surface area contributed by atoms with Gasteiger partial charge in [-0.1, -0.05) is 29.8 Å². The topological polar surface area (TPSA) is 72.0 Å². The van der Waals surface area contributed by atoms with Crippen LogP contribution in [0.1, 0.15) is 23.6 Å². The molecule has 0 amide bonds. The Kier molecular flexibility index (Phi) is 5.31. The Morgan fingerprint density at radius 2 is 1.73 bits per heavy atom. The highest BCUT2D eigenvalue weighted by molar-refractivity contribution is 5.66. The van der Waals surface area contributed by atoms with Crippen molar-refractivity contribution in [2.75, 3.05) is 17.2 Å². The normalized spacial score (nSPS) is 10.5. The van der Waals surface area contributed by atoms with Gasteiger partial charge in [0.15, 0.2) is 5.82 Å². The number of anilines is 4. The lowest BCUT2D eigenvalue weighted by Gasteiger charge is -2.14.